The van der Waals surface area contributed by atoms with Crippen LogP contribution < -0.4 is 5.73 Å². The van der Waals surface area contributed by atoms with E-state index in [4.69, 9.17) is 15.6 Å². The van der Waals surface area contributed by atoms with Crippen LogP contribution in [0.3, 0.4) is 0 Å². The van der Waals surface area contributed by atoms with Gasteiger partial charge in [-0.25, -0.2) is 0 Å². The molecule has 2 unspecified atom stereocenters. The summed E-state index contributed by atoms with van der Waals surface area (Å²) in [6, 6.07) is 0.348. The van der Waals surface area contributed by atoms with E-state index < -0.39 is 0 Å². The Hall–Kier alpha value is -0.160. The maximum atomic E-state index is 8.84. The van der Waals surface area contributed by atoms with Gasteiger partial charge in [-0.3, -0.25) is 4.90 Å². The third-order valence-corrected chi connectivity index (χ3v) is 1.90. The molecule has 2 atom stereocenters. The normalized spacial score (nSPS) is 16.6. The van der Waals surface area contributed by atoms with E-state index in [0.29, 0.717) is 12.6 Å². The van der Waals surface area contributed by atoms with Crippen molar-refractivity contribution in [2.24, 2.45) is 5.73 Å². The van der Waals surface area contributed by atoms with E-state index in [9.17, 15) is 0 Å². The number of aliphatic hydroxyl groups is 1. The zero-order valence-corrected chi connectivity index (χ0v) is 9.03. The molecule has 0 aliphatic heterocycles. The molecule has 0 radical (unpaired) electrons. The fourth-order valence-electron chi connectivity index (χ4n) is 1.36. The Bertz CT molecular complexity index is 129. The van der Waals surface area contributed by atoms with E-state index in [2.05, 4.69) is 18.7 Å². The molecule has 0 amide bonds. The second kappa shape index (κ2) is 6.32. The Morgan fingerprint density at radius 2 is 1.85 bits per heavy atom. The molecule has 0 saturated heterocycles. The molecule has 0 aromatic rings. The van der Waals surface area contributed by atoms with Crippen LogP contribution in [0, 0.1) is 0 Å². The van der Waals surface area contributed by atoms with Crippen LogP contribution in [0.4, 0.5) is 0 Å². The van der Waals surface area contributed by atoms with Crippen molar-refractivity contribution in [3.05, 3.63) is 0 Å². The molecule has 80 valence electrons. The number of hydrogen-bond donors (Lipinski definition) is 2. The predicted molar refractivity (Wildman–Crippen MR) is 53.1 cm³/mol. The number of nitrogens with two attached hydrogens (primary N) is 1. The van der Waals surface area contributed by atoms with Gasteiger partial charge in [0.25, 0.3) is 0 Å². The number of nitrogens with zero attached hydrogens (tertiary/aromatic N) is 1. The molecule has 0 heterocycles. The van der Waals surface area contributed by atoms with Gasteiger partial charge in [-0.2, -0.15) is 0 Å². The fourth-order valence-corrected chi connectivity index (χ4v) is 1.36. The zero-order chi connectivity index (χ0) is 10.4. The average molecular weight is 190 g/mol. The van der Waals surface area contributed by atoms with Crippen LogP contribution in [0.2, 0.25) is 0 Å². The Balaban J connectivity index is 4.02. The number of aliphatic hydroxyl groups excluding tert-OH is 1. The zero-order valence-electron chi connectivity index (χ0n) is 9.03. The van der Waals surface area contributed by atoms with Crippen LogP contribution in [0.25, 0.3) is 0 Å². The first kappa shape index (κ1) is 12.8. The number of hydrogen-bond acceptors (Lipinski definition) is 4. The lowest BCUT2D eigenvalue weighted by Gasteiger charge is -2.32. The molecule has 13 heavy (non-hydrogen) atoms. The first-order valence-corrected chi connectivity index (χ1v) is 4.76. The van der Waals surface area contributed by atoms with Crippen LogP contribution in [-0.2, 0) is 4.74 Å². The van der Waals surface area contributed by atoms with Gasteiger partial charge < -0.3 is 15.6 Å². The summed E-state index contributed by atoms with van der Waals surface area (Å²) >= 11 is 0. The molecule has 0 aromatic heterocycles. The van der Waals surface area contributed by atoms with Crippen LogP contribution in [0.1, 0.15) is 27.7 Å². The highest BCUT2D eigenvalue weighted by molar-refractivity contribution is 4.64. The third kappa shape index (κ3) is 5.21. The molecule has 0 fully saturated rings. The largest absolute Gasteiger partial charge is 0.395 e. The molecule has 4 nitrogen and oxygen atoms in total. The average Bonchev–Trinajstić information content (AvgIpc) is 1.97. The quantitative estimate of drug-likeness (QED) is 0.594. The van der Waals surface area contributed by atoms with E-state index in [-0.39, 0.29) is 19.1 Å². The minimum atomic E-state index is -0.269. The van der Waals surface area contributed by atoms with Gasteiger partial charge in [-0.1, -0.05) is 0 Å². The lowest BCUT2D eigenvalue weighted by molar-refractivity contribution is -0.0959. The molecule has 0 saturated carbocycles. The highest BCUT2D eigenvalue weighted by Crippen LogP contribution is 2.06. The van der Waals surface area contributed by atoms with Gasteiger partial charge in [0, 0.05) is 12.6 Å². The first-order valence-electron chi connectivity index (χ1n) is 4.76. The smallest absolute Gasteiger partial charge is 0.110 e. The van der Waals surface area contributed by atoms with Gasteiger partial charge >= 0.3 is 0 Å². The highest BCUT2D eigenvalue weighted by atomic mass is 16.5. The molecule has 0 aliphatic rings. The van der Waals surface area contributed by atoms with Gasteiger partial charge in [-0.05, 0) is 27.7 Å². The molecule has 3 N–H and O–H groups in total. The van der Waals surface area contributed by atoms with Crippen molar-refractivity contribution in [1.29, 1.82) is 0 Å². The van der Waals surface area contributed by atoms with Crippen molar-refractivity contribution in [3.8, 4) is 0 Å². The second-order valence-electron chi connectivity index (χ2n) is 3.50. The summed E-state index contributed by atoms with van der Waals surface area (Å²) in [5.41, 5.74) is 5.52. The van der Waals surface area contributed by atoms with E-state index in [1.54, 1.807) is 6.92 Å². The number of rotatable bonds is 6. The first-order chi connectivity index (χ1) is 5.99. The SMILES string of the molecule is CC(N)OC(C)N(CCO)C(C)C. The molecule has 0 rings (SSSR count). The summed E-state index contributed by atoms with van der Waals surface area (Å²) in [7, 11) is 0. The third-order valence-electron chi connectivity index (χ3n) is 1.90. The second-order valence-corrected chi connectivity index (χ2v) is 3.50. The monoisotopic (exact) mass is 190 g/mol. The maximum absolute atomic E-state index is 8.84. The van der Waals surface area contributed by atoms with Crippen molar-refractivity contribution in [2.75, 3.05) is 13.2 Å². The molecular formula is C9H22N2O2. The van der Waals surface area contributed by atoms with Crippen molar-refractivity contribution < 1.29 is 9.84 Å². The standard InChI is InChI=1S/C9H22N2O2/c1-7(2)11(5-6-12)9(4)13-8(3)10/h7-9,12H,5-6,10H2,1-4H3. The summed E-state index contributed by atoms with van der Waals surface area (Å²) in [6.45, 7) is 8.64. The lowest BCUT2D eigenvalue weighted by atomic mass is 10.3. The van der Waals surface area contributed by atoms with Crippen LogP contribution in [0.15, 0.2) is 0 Å². The lowest BCUT2D eigenvalue weighted by Crippen LogP contribution is -2.44. The topological polar surface area (TPSA) is 58.7 Å². The number of ether oxygens (including phenoxy) is 1. The molecule has 0 aliphatic carbocycles. The van der Waals surface area contributed by atoms with Crippen molar-refractivity contribution in [3.63, 3.8) is 0 Å². The molecular weight excluding hydrogens is 168 g/mol. The maximum Gasteiger partial charge on any atom is 0.110 e. The van der Waals surface area contributed by atoms with Crippen molar-refractivity contribution in [2.45, 2.75) is 46.2 Å². The fraction of sp³-hybridized carbons (Fsp3) is 1.00. The van der Waals surface area contributed by atoms with Gasteiger partial charge in [0.1, 0.15) is 12.5 Å². The Morgan fingerprint density at radius 1 is 1.31 bits per heavy atom. The summed E-state index contributed by atoms with van der Waals surface area (Å²) in [6.07, 6.45) is -0.318. The molecule has 0 spiro atoms. The Labute approximate surface area is 80.7 Å². The highest BCUT2D eigenvalue weighted by Gasteiger charge is 2.17. The molecule has 0 bridgehead atoms. The minimum absolute atomic E-state index is 0.0489. The van der Waals surface area contributed by atoms with Gasteiger partial charge in [0.15, 0.2) is 0 Å². The van der Waals surface area contributed by atoms with Gasteiger partial charge in [-0.15, -0.1) is 0 Å². The van der Waals surface area contributed by atoms with Crippen molar-refractivity contribution >= 4 is 0 Å². The van der Waals surface area contributed by atoms with Crippen LogP contribution in [-0.4, -0.2) is 41.7 Å². The van der Waals surface area contributed by atoms with E-state index in [1.807, 2.05) is 6.92 Å². The Kier molecular flexibility index (Phi) is 6.24. The summed E-state index contributed by atoms with van der Waals surface area (Å²) < 4.78 is 5.42. The molecule has 0 aromatic carbocycles. The van der Waals surface area contributed by atoms with Crippen LogP contribution in [0.5, 0.6) is 0 Å². The van der Waals surface area contributed by atoms with Gasteiger partial charge in [0.05, 0.1) is 6.61 Å². The summed E-state index contributed by atoms with van der Waals surface area (Å²) in [5, 5.41) is 8.84. The summed E-state index contributed by atoms with van der Waals surface area (Å²) in [4.78, 5) is 2.06. The predicted octanol–water partition coefficient (Wildman–Crippen LogP) is 0.356. The van der Waals surface area contributed by atoms with E-state index in [0.717, 1.165) is 0 Å². The molecule has 4 heteroatoms. The Morgan fingerprint density at radius 3 is 2.15 bits per heavy atom. The van der Waals surface area contributed by atoms with E-state index >= 15 is 0 Å². The van der Waals surface area contributed by atoms with Gasteiger partial charge in [0.2, 0.25) is 0 Å². The summed E-state index contributed by atoms with van der Waals surface area (Å²) in [5.74, 6) is 0. The van der Waals surface area contributed by atoms with E-state index in [1.165, 1.54) is 0 Å². The van der Waals surface area contributed by atoms with Crippen molar-refractivity contribution in [1.82, 2.24) is 4.90 Å². The van der Waals surface area contributed by atoms with Crippen LogP contribution >= 0.6 is 0 Å². The minimum Gasteiger partial charge on any atom is -0.395 e.